The van der Waals surface area contributed by atoms with E-state index in [2.05, 4.69) is 54.2 Å². The summed E-state index contributed by atoms with van der Waals surface area (Å²) in [6, 6.07) is 5.98. The van der Waals surface area contributed by atoms with Crippen molar-refractivity contribution in [2.75, 3.05) is 0 Å². The van der Waals surface area contributed by atoms with Crippen molar-refractivity contribution >= 4 is 5.97 Å². The van der Waals surface area contributed by atoms with E-state index in [-0.39, 0.29) is 16.8 Å². The van der Waals surface area contributed by atoms with Crippen molar-refractivity contribution in [3.05, 3.63) is 47.7 Å². The van der Waals surface area contributed by atoms with Crippen LogP contribution < -0.4 is 0 Å². The standard InChI is InChI=1S/C17H24O2/c1-8-19-15(18)12-9-13(16(2,3)4)11-14(10-12)17(5,6)7/h8-11H,1H2,2-7H3. The highest BCUT2D eigenvalue weighted by atomic mass is 16.5. The van der Waals surface area contributed by atoms with Gasteiger partial charge in [0.1, 0.15) is 0 Å². The van der Waals surface area contributed by atoms with Gasteiger partial charge in [-0.05, 0) is 34.1 Å². The van der Waals surface area contributed by atoms with E-state index in [0.29, 0.717) is 5.56 Å². The number of esters is 1. The average molecular weight is 260 g/mol. The monoisotopic (exact) mass is 260 g/mol. The van der Waals surface area contributed by atoms with Crippen LogP contribution in [0.3, 0.4) is 0 Å². The van der Waals surface area contributed by atoms with E-state index in [4.69, 9.17) is 4.74 Å². The van der Waals surface area contributed by atoms with Crippen LogP contribution >= 0.6 is 0 Å². The smallest absolute Gasteiger partial charge is 0.342 e. The fourth-order valence-electron chi connectivity index (χ4n) is 1.76. The van der Waals surface area contributed by atoms with E-state index in [1.54, 1.807) is 0 Å². The summed E-state index contributed by atoms with van der Waals surface area (Å²) in [5.74, 6) is -0.355. The molecular formula is C17H24O2. The minimum Gasteiger partial charge on any atom is -0.432 e. The molecule has 0 fully saturated rings. The van der Waals surface area contributed by atoms with Gasteiger partial charge in [0, 0.05) is 0 Å². The molecule has 2 heteroatoms. The molecule has 104 valence electrons. The quantitative estimate of drug-likeness (QED) is 0.574. The van der Waals surface area contributed by atoms with Gasteiger partial charge >= 0.3 is 5.97 Å². The molecule has 0 aliphatic carbocycles. The molecule has 0 bridgehead atoms. The molecular weight excluding hydrogens is 236 g/mol. The predicted octanol–water partition coefficient (Wildman–Crippen LogP) is 4.58. The fourth-order valence-corrected chi connectivity index (χ4v) is 1.76. The van der Waals surface area contributed by atoms with Crippen molar-refractivity contribution in [3.8, 4) is 0 Å². The molecule has 19 heavy (non-hydrogen) atoms. The Morgan fingerprint density at radius 2 is 1.42 bits per heavy atom. The second-order valence-corrected chi connectivity index (χ2v) is 6.87. The number of hydrogen-bond acceptors (Lipinski definition) is 2. The Kier molecular flexibility index (Phi) is 4.24. The van der Waals surface area contributed by atoms with E-state index in [9.17, 15) is 4.79 Å². The van der Waals surface area contributed by atoms with Gasteiger partial charge in [0.2, 0.25) is 0 Å². The van der Waals surface area contributed by atoms with Crippen LogP contribution in [-0.2, 0) is 15.6 Å². The number of rotatable bonds is 2. The molecule has 0 unspecified atom stereocenters. The van der Waals surface area contributed by atoms with Crippen LogP contribution in [0.1, 0.15) is 63.0 Å². The number of carbonyl (C=O) groups excluding carboxylic acids is 1. The third kappa shape index (κ3) is 3.95. The second kappa shape index (κ2) is 5.20. The lowest BCUT2D eigenvalue weighted by Gasteiger charge is -2.25. The van der Waals surface area contributed by atoms with Crippen molar-refractivity contribution in [2.24, 2.45) is 0 Å². The first-order chi connectivity index (χ1) is 8.55. The van der Waals surface area contributed by atoms with Crippen LogP contribution in [0.25, 0.3) is 0 Å². The highest BCUT2D eigenvalue weighted by Gasteiger charge is 2.22. The topological polar surface area (TPSA) is 26.3 Å². The lowest BCUT2D eigenvalue weighted by atomic mass is 9.79. The van der Waals surface area contributed by atoms with E-state index in [1.807, 2.05) is 12.1 Å². The number of carbonyl (C=O) groups is 1. The van der Waals surface area contributed by atoms with Crippen LogP contribution in [0.5, 0.6) is 0 Å². The van der Waals surface area contributed by atoms with Gasteiger partial charge < -0.3 is 4.74 Å². The summed E-state index contributed by atoms with van der Waals surface area (Å²) in [7, 11) is 0. The van der Waals surface area contributed by atoms with Gasteiger partial charge in [-0.3, -0.25) is 0 Å². The van der Waals surface area contributed by atoms with Gasteiger partial charge in [0.05, 0.1) is 11.8 Å². The van der Waals surface area contributed by atoms with E-state index < -0.39 is 0 Å². The molecule has 0 heterocycles. The zero-order valence-corrected chi connectivity index (χ0v) is 12.8. The van der Waals surface area contributed by atoms with Crippen LogP contribution in [-0.4, -0.2) is 5.97 Å². The summed E-state index contributed by atoms with van der Waals surface area (Å²) >= 11 is 0. The molecule has 0 radical (unpaired) electrons. The highest BCUT2D eigenvalue weighted by Crippen LogP contribution is 2.30. The number of ether oxygens (including phenoxy) is 1. The molecule has 0 aromatic heterocycles. The summed E-state index contributed by atoms with van der Waals surface area (Å²) in [5.41, 5.74) is 2.83. The largest absolute Gasteiger partial charge is 0.432 e. The maximum atomic E-state index is 11.9. The summed E-state index contributed by atoms with van der Waals surface area (Å²) in [6.45, 7) is 16.2. The molecule has 2 nitrogen and oxygen atoms in total. The lowest BCUT2D eigenvalue weighted by Crippen LogP contribution is -2.18. The molecule has 1 rings (SSSR count). The van der Waals surface area contributed by atoms with Crippen LogP contribution in [0.2, 0.25) is 0 Å². The van der Waals surface area contributed by atoms with Gasteiger partial charge in [-0.25, -0.2) is 4.79 Å². The van der Waals surface area contributed by atoms with E-state index in [1.165, 1.54) is 6.26 Å². The Morgan fingerprint density at radius 3 is 1.74 bits per heavy atom. The third-order valence-electron chi connectivity index (χ3n) is 3.09. The summed E-state index contributed by atoms with van der Waals surface area (Å²) in [5, 5.41) is 0. The van der Waals surface area contributed by atoms with Crippen LogP contribution in [0, 0.1) is 0 Å². The molecule has 0 amide bonds. The first kappa shape index (κ1) is 15.5. The molecule has 0 saturated carbocycles. The van der Waals surface area contributed by atoms with Crippen molar-refractivity contribution in [1.29, 1.82) is 0 Å². The molecule has 0 saturated heterocycles. The predicted molar refractivity (Wildman–Crippen MR) is 79.5 cm³/mol. The van der Waals surface area contributed by atoms with Crippen molar-refractivity contribution < 1.29 is 9.53 Å². The van der Waals surface area contributed by atoms with Gasteiger partial charge in [-0.15, -0.1) is 0 Å². The molecule has 1 aromatic carbocycles. The van der Waals surface area contributed by atoms with E-state index >= 15 is 0 Å². The SMILES string of the molecule is C=COC(=O)c1cc(C(C)(C)C)cc(C(C)(C)C)c1. The summed E-state index contributed by atoms with van der Waals surface area (Å²) in [4.78, 5) is 11.9. The molecule has 0 aliphatic rings. The minimum atomic E-state index is -0.355. The Bertz CT molecular complexity index is 453. The molecule has 0 aliphatic heterocycles. The Hall–Kier alpha value is -1.57. The van der Waals surface area contributed by atoms with Crippen molar-refractivity contribution in [2.45, 2.75) is 52.4 Å². The van der Waals surface area contributed by atoms with Gasteiger partial charge in [-0.2, -0.15) is 0 Å². The van der Waals surface area contributed by atoms with Gasteiger partial charge in [0.25, 0.3) is 0 Å². The maximum absolute atomic E-state index is 11.9. The van der Waals surface area contributed by atoms with Gasteiger partial charge in [-0.1, -0.05) is 54.2 Å². The highest BCUT2D eigenvalue weighted by molar-refractivity contribution is 5.90. The molecule has 0 atom stereocenters. The maximum Gasteiger partial charge on any atom is 0.342 e. The molecule has 0 spiro atoms. The number of benzene rings is 1. The van der Waals surface area contributed by atoms with Crippen LogP contribution in [0.4, 0.5) is 0 Å². The first-order valence-electron chi connectivity index (χ1n) is 6.53. The minimum absolute atomic E-state index is 0.00946. The third-order valence-corrected chi connectivity index (χ3v) is 3.09. The van der Waals surface area contributed by atoms with Crippen molar-refractivity contribution in [3.63, 3.8) is 0 Å². The molecule has 0 N–H and O–H groups in total. The zero-order chi connectivity index (χ0) is 14.8. The fraction of sp³-hybridized carbons (Fsp3) is 0.471. The van der Waals surface area contributed by atoms with E-state index in [0.717, 1.165) is 11.1 Å². The average Bonchev–Trinajstić information content (AvgIpc) is 2.26. The van der Waals surface area contributed by atoms with Gasteiger partial charge in [0.15, 0.2) is 0 Å². The second-order valence-electron chi connectivity index (χ2n) is 6.87. The number of hydrogen-bond donors (Lipinski definition) is 0. The summed E-state index contributed by atoms with van der Waals surface area (Å²) in [6.07, 6.45) is 1.17. The molecule has 1 aromatic rings. The Balaban J connectivity index is 3.41. The Morgan fingerprint density at radius 1 is 1.00 bits per heavy atom. The zero-order valence-electron chi connectivity index (χ0n) is 12.8. The first-order valence-corrected chi connectivity index (χ1v) is 6.53. The van der Waals surface area contributed by atoms with Crippen LogP contribution in [0.15, 0.2) is 31.0 Å². The lowest BCUT2D eigenvalue weighted by molar-refractivity contribution is 0.0664. The summed E-state index contributed by atoms with van der Waals surface area (Å²) < 4.78 is 4.89. The van der Waals surface area contributed by atoms with Crippen molar-refractivity contribution in [1.82, 2.24) is 0 Å². The Labute approximate surface area is 116 Å². The normalized spacial score (nSPS) is 12.1.